The SMILES string of the molecule is CCCC(NC(=O)C(C)CCc1cccc(F)c1)C(=O)O. The van der Waals surface area contributed by atoms with E-state index in [1.807, 2.05) is 13.0 Å². The van der Waals surface area contributed by atoms with Crippen molar-refractivity contribution in [3.63, 3.8) is 0 Å². The number of carbonyl (C=O) groups excluding carboxylic acids is 1. The van der Waals surface area contributed by atoms with Crippen LogP contribution < -0.4 is 5.32 Å². The Kier molecular flexibility index (Phi) is 6.85. The second kappa shape index (κ2) is 8.39. The molecule has 0 fully saturated rings. The predicted molar refractivity (Wildman–Crippen MR) is 78.4 cm³/mol. The van der Waals surface area contributed by atoms with Crippen LogP contribution in [0.1, 0.15) is 38.7 Å². The average molecular weight is 295 g/mol. The number of carbonyl (C=O) groups is 2. The van der Waals surface area contributed by atoms with Crippen molar-refractivity contribution in [2.75, 3.05) is 0 Å². The van der Waals surface area contributed by atoms with Gasteiger partial charge < -0.3 is 10.4 Å². The van der Waals surface area contributed by atoms with Gasteiger partial charge in [0.25, 0.3) is 0 Å². The Bertz CT molecular complexity index is 490. The molecule has 0 aliphatic heterocycles. The molecular weight excluding hydrogens is 273 g/mol. The van der Waals surface area contributed by atoms with E-state index in [1.54, 1.807) is 13.0 Å². The lowest BCUT2D eigenvalue weighted by atomic mass is 9.99. The normalized spacial score (nSPS) is 13.5. The zero-order valence-corrected chi connectivity index (χ0v) is 12.4. The van der Waals surface area contributed by atoms with Gasteiger partial charge in [0.2, 0.25) is 5.91 Å². The monoisotopic (exact) mass is 295 g/mol. The van der Waals surface area contributed by atoms with Crippen molar-refractivity contribution in [2.45, 2.75) is 45.6 Å². The van der Waals surface area contributed by atoms with Crippen molar-refractivity contribution < 1.29 is 19.1 Å². The van der Waals surface area contributed by atoms with Crippen LogP contribution in [0, 0.1) is 11.7 Å². The lowest BCUT2D eigenvalue weighted by Gasteiger charge is -2.17. The number of hydrogen-bond acceptors (Lipinski definition) is 2. The van der Waals surface area contributed by atoms with Crippen molar-refractivity contribution in [1.29, 1.82) is 0 Å². The molecule has 0 heterocycles. The number of nitrogens with one attached hydrogen (secondary N) is 1. The van der Waals surface area contributed by atoms with Gasteiger partial charge in [-0.25, -0.2) is 9.18 Å². The molecular formula is C16H22FNO3. The first-order chi connectivity index (χ1) is 9.93. The first kappa shape index (κ1) is 17.1. The number of aryl methyl sites for hydroxylation is 1. The summed E-state index contributed by atoms with van der Waals surface area (Å²) >= 11 is 0. The third kappa shape index (κ3) is 5.94. The Balaban J connectivity index is 2.48. The molecule has 2 N–H and O–H groups in total. The van der Waals surface area contributed by atoms with Gasteiger partial charge in [-0.1, -0.05) is 32.4 Å². The molecule has 0 aromatic heterocycles. The zero-order valence-electron chi connectivity index (χ0n) is 12.4. The number of aliphatic carboxylic acids is 1. The van der Waals surface area contributed by atoms with Crippen molar-refractivity contribution in [1.82, 2.24) is 5.32 Å². The highest BCUT2D eigenvalue weighted by molar-refractivity contribution is 5.84. The van der Waals surface area contributed by atoms with Crippen LogP contribution in [-0.2, 0) is 16.0 Å². The highest BCUT2D eigenvalue weighted by Crippen LogP contribution is 2.12. The van der Waals surface area contributed by atoms with E-state index in [4.69, 9.17) is 5.11 Å². The van der Waals surface area contributed by atoms with E-state index in [9.17, 15) is 14.0 Å². The van der Waals surface area contributed by atoms with Gasteiger partial charge in [0.15, 0.2) is 0 Å². The Hall–Kier alpha value is -1.91. The number of hydrogen-bond donors (Lipinski definition) is 2. The van der Waals surface area contributed by atoms with Gasteiger partial charge >= 0.3 is 5.97 Å². The minimum atomic E-state index is -1.01. The number of amides is 1. The highest BCUT2D eigenvalue weighted by Gasteiger charge is 2.21. The summed E-state index contributed by atoms with van der Waals surface area (Å²) in [6, 6.07) is 5.44. The van der Waals surface area contributed by atoms with Crippen LogP contribution in [0.25, 0.3) is 0 Å². The van der Waals surface area contributed by atoms with E-state index < -0.39 is 12.0 Å². The summed E-state index contributed by atoms with van der Waals surface area (Å²) in [4.78, 5) is 23.0. The molecule has 21 heavy (non-hydrogen) atoms. The number of carboxylic acid groups (broad SMARTS) is 1. The Labute approximate surface area is 124 Å². The molecule has 4 nitrogen and oxygen atoms in total. The number of benzene rings is 1. The summed E-state index contributed by atoms with van der Waals surface area (Å²) in [7, 11) is 0. The smallest absolute Gasteiger partial charge is 0.326 e. The first-order valence-corrected chi connectivity index (χ1v) is 7.21. The van der Waals surface area contributed by atoms with Crippen LogP contribution in [-0.4, -0.2) is 23.0 Å². The molecule has 0 spiro atoms. The molecule has 1 aromatic carbocycles. The van der Waals surface area contributed by atoms with E-state index in [0.717, 1.165) is 5.56 Å². The fraction of sp³-hybridized carbons (Fsp3) is 0.500. The van der Waals surface area contributed by atoms with Crippen molar-refractivity contribution >= 4 is 11.9 Å². The van der Waals surface area contributed by atoms with E-state index in [-0.39, 0.29) is 17.6 Å². The van der Waals surface area contributed by atoms with E-state index in [1.165, 1.54) is 12.1 Å². The minimum absolute atomic E-state index is 0.271. The summed E-state index contributed by atoms with van der Waals surface area (Å²) in [5.74, 6) is -1.89. The molecule has 0 aliphatic carbocycles. The lowest BCUT2D eigenvalue weighted by molar-refractivity contribution is -0.142. The molecule has 116 valence electrons. The quantitative estimate of drug-likeness (QED) is 0.775. The molecule has 1 amide bonds. The fourth-order valence-electron chi connectivity index (χ4n) is 2.07. The molecule has 0 saturated heterocycles. The first-order valence-electron chi connectivity index (χ1n) is 7.21. The van der Waals surface area contributed by atoms with Crippen LogP contribution in [0.2, 0.25) is 0 Å². The van der Waals surface area contributed by atoms with Gasteiger partial charge in [0.1, 0.15) is 11.9 Å². The van der Waals surface area contributed by atoms with E-state index in [0.29, 0.717) is 25.7 Å². The fourth-order valence-corrected chi connectivity index (χ4v) is 2.07. The van der Waals surface area contributed by atoms with Gasteiger partial charge in [0, 0.05) is 5.92 Å². The van der Waals surface area contributed by atoms with Gasteiger partial charge in [-0.05, 0) is 37.0 Å². The number of halogens is 1. The second-order valence-corrected chi connectivity index (χ2v) is 5.26. The molecule has 0 bridgehead atoms. The highest BCUT2D eigenvalue weighted by atomic mass is 19.1. The molecule has 2 atom stereocenters. The van der Waals surface area contributed by atoms with Crippen molar-refractivity contribution in [3.05, 3.63) is 35.6 Å². The third-order valence-electron chi connectivity index (χ3n) is 3.39. The Morgan fingerprint density at radius 2 is 2.05 bits per heavy atom. The van der Waals surface area contributed by atoms with E-state index >= 15 is 0 Å². The maximum atomic E-state index is 13.1. The largest absolute Gasteiger partial charge is 0.480 e. The standard InChI is InChI=1S/C16H22FNO3/c1-3-5-14(16(20)21)18-15(19)11(2)8-9-12-6-4-7-13(17)10-12/h4,6-7,10-11,14H,3,5,8-9H2,1-2H3,(H,18,19)(H,20,21). The summed E-state index contributed by atoms with van der Waals surface area (Å²) in [6.45, 7) is 3.62. The van der Waals surface area contributed by atoms with E-state index in [2.05, 4.69) is 5.32 Å². The summed E-state index contributed by atoms with van der Waals surface area (Å²) in [5.41, 5.74) is 0.831. The summed E-state index contributed by atoms with van der Waals surface area (Å²) < 4.78 is 13.1. The van der Waals surface area contributed by atoms with Gasteiger partial charge in [-0.2, -0.15) is 0 Å². The van der Waals surface area contributed by atoms with Crippen LogP contribution in [0.5, 0.6) is 0 Å². The van der Waals surface area contributed by atoms with Crippen molar-refractivity contribution in [3.8, 4) is 0 Å². The molecule has 1 rings (SSSR count). The summed E-state index contributed by atoms with van der Waals surface area (Å²) in [6.07, 6.45) is 2.23. The molecule has 1 aromatic rings. The van der Waals surface area contributed by atoms with Crippen LogP contribution in [0.4, 0.5) is 4.39 Å². The Morgan fingerprint density at radius 1 is 1.33 bits per heavy atom. The van der Waals surface area contributed by atoms with Gasteiger partial charge in [-0.15, -0.1) is 0 Å². The molecule has 2 unspecified atom stereocenters. The van der Waals surface area contributed by atoms with Gasteiger partial charge in [0.05, 0.1) is 0 Å². The van der Waals surface area contributed by atoms with Crippen LogP contribution in [0.3, 0.4) is 0 Å². The molecule has 0 aliphatic rings. The van der Waals surface area contributed by atoms with Gasteiger partial charge in [-0.3, -0.25) is 4.79 Å². The molecule has 5 heteroatoms. The number of carboxylic acids is 1. The van der Waals surface area contributed by atoms with Crippen LogP contribution >= 0.6 is 0 Å². The maximum Gasteiger partial charge on any atom is 0.326 e. The average Bonchev–Trinajstić information content (AvgIpc) is 2.44. The second-order valence-electron chi connectivity index (χ2n) is 5.26. The molecule has 0 saturated carbocycles. The predicted octanol–water partition coefficient (Wildman–Crippen LogP) is 2.76. The summed E-state index contributed by atoms with van der Waals surface area (Å²) in [5, 5.41) is 11.6. The maximum absolute atomic E-state index is 13.1. The third-order valence-corrected chi connectivity index (χ3v) is 3.39. The van der Waals surface area contributed by atoms with Crippen LogP contribution in [0.15, 0.2) is 24.3 Å². The topological polar surface area (TPSA) is 66.4 Å². The van der Waals surface area contributed by atoms with Crippen molar-refractivity contribution in [2.24, 2.45) is 5.92 Å². The lowest BCUT2D eigenvalue weighted by Crippen LogP contribution is -2.43. The Morgan fingerprint density at radius 3 is 2.62 bits per heavy atom. The zero-order chi connectivity index (χ0) is 15.8. The minimum Gasteiger partial charge on any atom is -0.480 e. The number of rotatable bonds is 8. The molecule has 0 radical (unpaired) electrons.